The number of ether oxygens (including phenoxy) is 1. The summed E-state index contributed by atoms with van der Waals surface area (Å²) in [4.78, 5) is 2.10. The maximum absolute atomic E-state index is 5.80. The number of halogens is 1. The van der Waals surface area contributed by atoms with Gasteiger partial charge in [0.15, 0.2) is 16.6 Å². The number of nitrogens with two attached hydrogens (primary N) is 1. The lowest BCUT2D eigenvalue weighted by Crippen LogP contribution is -2.15. The second kappa shape index (κ2) is 5.90. The molecule has 2 N–H and O–H groups in total. The standard InChI is InChI=1S/C11H14BrN3OS2/c1-3-16-9-10(13)14-18-11(9)15(2)5-7-4-8(12)17-6-7/h4,6H,3,5H2,1-2H3,(H2,13,14). The quantitative estimate of drug-likeness (QED) is 0.897. The van der Waals surface area contributed by atoms with Crippen LogP contribution in [0.25, 0.3) is 0 Å². The molecule has 0 aliphatic heterocycles. The molecular weight excluding hydrogens is 334 g/mol. The van der Waals surface area contributed by atoms with Gasteiger partial charge in [0.2, 0.25) is 0 Å². The number of rotatable bonds is 5. The second-order valence-electron chi connectivity index (χ2n) is 3.75. The summed E-state index contributed by atoms with van der Waals surface area (Å²) in [5.41, 5.74) is 7.06. The number of anilines is 2. The van der Waals surface area contributed by atoms with Gasteiger partial charge < -0.3 is 15.4 Å². The van der Waals surface area contributed by atoms with Gasteiger partial charge in [-0.3, -0.25) is 0 Å². The van der Waals surface area contributed by atoms with E-state index in [4.69, 9.17) is 10.5 Å². The molecule has 2 aromatic heterocycles. The van der Waals surface area contributed by atoms with Gasteiger partial charge >= 0.3 is 0 Å². The van der Waals surface area contributed by atoms with E-state index in [1.165, 1.54) is 17.1 Å². The predicted octanol–water partition coefficient (Wildman–Crippen LogP) is 3.58. The van der Waals surface area contributed by atoms with Crippen LogP contribution < -0.4 is 15.4 Å². The van der Waals surface area contributed by atoms with Crippen LogP contribution >= 0.6 is 38.8 Å². The SMILES string of the molecule is CCOc1c(N)nsc1N(C)Cc1csc(Br)c1. The first-order valence-corrected chi connectivity index (χ1v) is 7.88. The fourth-order valence-electron chi connectivity index (χ4n) is 1.58. The first-order valence-electron chi connectivity index (χ1n) is 5.43. The van der Waals surface area contributed by atoms with Crippen LogP contribution in [-0.4, -0.2) is 18.0 Å². The number of aromatic nitrogens is 1. The highest BCUT2D eigenvalue weighted by Gasteiger charge is 2.16. The summed E-state index contributed by atoms with van der Waals surface area (Å²) in [5, 5.41) is 3.10. The van der Waals surface area contributed by atoms with Gasteiger partial charge in [-0.1, -0.05) is 0 Å². The zero-order chi connectivity index (χ0) is 13.1. The predicted molar refractivity (Wildman–Crippen MR) is 81.8 cm³/mol. The van der Waals surface area contributed by atoms with E-state index in [1.807, 2.05) is 14.0 Å². The molecule has 0 saturated heterocycles. The fourth-order valence-corrected chi connectivity index (χ4v) is 3.50. The summed E-state index contributed by atoms with van der Waals surface area (Å²) in [6.45, 7) is 3.34. The van der Waals surface area contributed by atoms with E-state index in [0.717, 1.165) is 15.3 Å². The molecule has 0 aliphatic carbocycles. The van der Waals surface area contributed by atoms with E-state index in [1.54, 1.807) is 11.3 Å². The van der Waals surface area contributed by atoms with Crippen LogP contribution in [-0.2, 0) is 6.54 Å². The van der Waals surface area contributed by atoms with Gasteiger partial charge in [0.25, 0.3) is 0 Å². The molecule has 7 heteroatoms. The Morgan fingerprint density at radius 1 is 1.56 bits per heavy atom. The van der Waals surface area contributed by atoms with E-state index in [-0.39, 0.29) is 0 Å². The van der Waals surface area contributed by atoms with Crippen LogP contribution in [0.15, 0.2) is 15.2 Å². The smallest absolute Gasteiger partial charge is 0.197 e. The highest BCUT2D eigenvalue weighted by atomic mass is 79.9. The van der Waals surface area contributed by atoms with Crippen LogP contribution in [0.4, 0.5) is 10.8 Å². The molecule has 0 saturated carbocycles. The molecule has 98 valence electrons. The Kier molecular flexibility index (Phi) is 4.47. The average molecular weight is 348 g/mol. The van der Waals surface area contributed by atoms with Crippen molar-refractivity contribution in [3.05, 3.63) is 20.8 Å². The maximum Gasteiger partial charge on any atom is 0.197 e. The molecule has 4 nitrogen and oxygen atoms in total. The van der Waals surface area contributed by atoms with Crippen LogP contribution in [0.1, 0.15) is 12.5 Å². The van der Waals surface area contributed by atoms with Crippen LogP contribution in [0, 0.1) is 0 Å². The minimum Gasteiger partial charge on any atom is -0.487 e. The summed E-state index contributed by atoms with van der Waals surface area (Å²) >= 11 is 6.52. The van der Waals surface area contributed by atoms with E-state index in [2.05, 4.69) is 36.6 Å². The molecule has 0 aromatic carbocycles. The lowest BCUT2D eigenvalue weighted by atomic mass is 10.3. The molecule has 0 spiro atoms. The Bertz CT molecular complexity index is 526. The first-order chi connectivity index (χ1) is 8.61. The maximum atomic E-state index is 5.80. The lowest BCUT2D eigenvalue weighted by Gasteiger charge is -2.17. The van der Waals surface area contributed by atoms with E-state index in [0.29, 0.717) is 18.2 Å². The lowest BCUT2D eigenvalue weighted by molar-refractivity contribution is 0.343. The minimum atomic E-state index is 0.468. The second-order valence-corrected chi connectivity index (χ2v) is 6.79. The molecule has 0 amide bonds. The van der Waals surface area contributed by atoms with E-state index in [9.17, 15) is 0 Å². The van der Waals surface area contributed by atoms with Gasteiger partial charge in [-0.05, 0) is 51.4 Å². The van der Waals surface area contributed by atoms with Gasteiger partial charge in [-0.15, -0.1) is 11.3 Å². The molecule has 0 atom stereocenters. The summed E-state index contributed by atoms with van der Waals surface area (Å²) in [5.74, 6) is 1.16. The van der Waals surface area contributed by atoms with Crippen LogP contribution in [0.2, 0.25) is 0 Å². The van der Waals surface area contributed by atoms with Crippen molar-refractivity contribution in [2.45, 2.75) is 13.5 Å². The third-order valence-corrected chi connectivity index (χ3v) is 4.85. The number of nitrogens with zero attached hydrogens (tertiary/aromatic N) is 2. The van der Waals surface area contributed by atoms with Crippen molar-refractivity contribution < 1.29 is 4.74 Å². The molecule has 0 bridgehead atoms. The van der Waals surface area contributed by atoms with Gasteiger partial charge in [0.05, 0.1) is 10.4 Å². The molecule has 0 aliphatic rings. The van der Waals surface area contributed by atoms with E-state index < -0.39 is 0 Å². The zero-order valence-electron chi connectivity index (χ0n) is 10.1. The highest BCUT2D eigenvalue weighted by Crippen LogP contribution is 2.38. The normalized spacial score (nSPS) is 10.6. The third kappa shape index (κ3) is 2.96. The monoisotopic (exact) mass is 347 g/mol. The van der Waals surface area contributed by atoms with Crippen molar-refractivity contribution in [3.8, 4) is 5.75 Å². The molecular formula is C11H14BrN3OS2. The average Bonchev–Trinajstić information content (AvgIpc) is 2.88. The largest absolute Gasteiger partial charge is 0.487 e. The minimum absolute atomic E-state index is 0.468. The molecule has 2 aromatic rings. The van der Waals surface area contributed by atoms with Gasteiger partial charge in [0, 0.05) is 13.6 Å². The third-order valence-electron chi connectivity index (χ3n) is 2.33. The Morgan fingerprint density at radius 2 is 2.33 bits per heavy atom. The van der Waals surface area contributed by atoms with Gasteiger partial charge in [0.1, 0.15) is 0 Å². The van der Waals surface area contributed by atoms with Gasteiger partial charge in [-0.25, -0.2) is 0 Å². The Balaban J connectivity index is 2.15. The Morgan fingerprint density at radius 3 is 2.94 bits per heavy atom. The van der Waals surface area contributed by atoms with Gasteiger partial charge in [-0.2, -0.15) is 4.37 Å². The molecule has 0 fully saturated rings. The number of thiophene rings is 1. The van der Waals surface area contributed by atoms with Crippen molar-refractivity contribution >= 4 is 49.6 Å². The van der Waals surface area contributed by atoms with Crippen LogP contribution in [0.5, 0.6) is 5.75 Å². The van der Waals surface area contributed by atoms with Crippen LogP contribution in [0.3, 0.4) is 0 Å². The van der Waals surface area contributed by atoms with Crippen molar-refractivity contribution in [3.63, 3.8) is 0 Å². The molecule has 2 heterocycles. The highest BCUT2D eigenvalue weighted by molar-refractivity contribution is 9.11. The Hall–Kier alpha value is -0.790. The number of nitrogen functional groups attached to an aromatic ring is 1. The number of hydrogen-bond acceptors (Lipinski definition) is 6. The van der Waals surface area contributed by atoms with E-state index >= 15 is 0 Å². The summed E-state index contributed by atoms with van der Waals surface area (Å²) in [6.07, 6.45) is 0. The fraction of sp³-hybridized carbons (Fsp3) is 0.364. The van der Waals surface area contributed by atoms with Crippen molar-refractivity contribution in [2.75, 3.05) is 24.3 Å². The summed E-state index contributed by atoms with van der Waals surface area (Å²) in [6, 6.07) is 2.12. The van der Waals surface area contributed by atoms with Crippen molar-refractivity contribution in [1.82, 2.24) is 4.37 Å². The Labute approximate surface area is 123 Å². The molecule has 0 radical (unpaired) electrons. The number of hydrogen-bond donors (Lipinski definition) is 1. The topological polar surface area (TPSA) is 51.4 Å². The zero-order valence-corrected chi connectivity index (χ0v) is 13.4. The summed E-state index contributed by atoms with van der Waals surface area (Å²) in [7, 11) is 2.01. The molecule has 2 rings (SSSR count). The van der Waals surface area contributed by atoms with Crippen molar-refractivity contribution in [1.29, 1.82) is 0 Å². The molecule has 18 heavy (non-hydrogen) atoms. The first kappa shape index (κ1) is 13.6. The van der Waals surface area contributed by atoms with Crippen molar-refractivity contribution in [2.24, 2.45) is 0 Å². The summed E-state index contributed by atoms with van der Waals surface area (Å²) < 4.78 is 10.8. The molecule has 0 unspecified atom stereocenters.